The topological polar surface area (TPSA) is 52.6 Å². The summed E-state index contributed by atoms with van der Waals surface area (Å²) in [6.07, 6.45) is -0.583. The van der Waals surface area contributed by atoms with Crippen LogP contribution in [0.25, 0.3) is 0 Å². The predicted octanol–water partition coefficient (Wildman–Crippen LogP) is -0.525. The molecular formula is C5H6O4. The van der Waals surface area contributed by atoms with Gasteiger partial charge in [-0.05, 0) is 0 Å². The van der Waals surface area contributed by atoms with E-state index in [1.807, 2.05) is 0 Å². The van der Waals surface area contributed by atoms with E-state index in [4.69, 9.17) is 4.74 Å². The van der Waals surface area contributed by atoms with E-state index in [0.29, 0.717) is 13.0 Å². The zero-order chi connectivity index (χ0) is 6.69. The maximum absolute atomic E-state index is 10.6. The van der Waals surface area contributed by atoms with Gasteiger partial charge in [-0.15, -0.1) is 0 Å². The van der Waals surface area contributed by atoms with Crippen molar-refractivity contribution in [2.45, 2.75) is 12.7 Å². The average molecular weight is 130 g/mol. The molecular weight excluding hydrogens is 124 g/mol. The highest BCUT2D eigenvalue weighted by Crippen LogP contribution is 2.07. The second kappa shape index (κ2) is 2.59. The van der Waals surface area contributed by atoms with E-state index in [9.17, 15) is 9.59 Å². The van der Waals surface area contributed by atoms with E-state index in [1.54, 1.807) is 0 Å². The fourth-order valence-electron chi connectivity index (χ4n) is 0.643. The number of rotatable bonds is 2. The largest absolute Gasteiger partial charge is 0.430 e. The fourth-order valence-corrected chi connectivity index (χ4v) is 0.643. The van der Waals surface area contributed by atoms with Crippen LogP contribution >= 0.6 is 0 Å². The van der Waals surface area contributed by atoms with Crippen molar-refractivity contribution >= 4 is 12.3 Å². The molecule has 0 aliphatic carbocycles. The molecule has 1 saturated heterocycles. The monoisotopic (exact) mass is 130 g/mol. The molecule has 0 unspecified atom stereocenters. The van der Waals surface area contributed by atoms with Gasteiger partial charge in [-0.25, -0.2) is 0 Å². The van der Waals surface area contributed by atoms with E-state index in [2.05, 4.69) is 4.74 Å². The number of carbonyl (C=O) groups excluding carboxylic acids is 2. The molecule has 4 nitrogen and oxygen atoms in total. The number of hydrogen-bond donors (Lipinski definition) is 0. The second-order valence-corrected chi connectivity index (χ2v) is 1.65. The summed E-state index contributed by atoms with van der Waals surface area (Å²) < 4.78 is 8.97. The first-order valence-corrected chi connectivity index (χ1v) is 2.58. The van der Waals surface area contributed by atoms with Gasteiger partial charge >= 0.3 is 0 Å². The van der Waals surface area contributed by atoms with Gasteiger partial charge in [0.15, 0.2) is 0 Å². The molecule has 0 saturated carbocycles. The second-order valence-electron chi connectivity index (χ2n) is 1.65. The van der Waals surface area contributed by atoms with Crippen molar-refractivity contribution in [1.82, 2.24) is 0 Å². The number of ether oxygens (including phenoxy) is 2. The van der Waals surface area contributed by atoms with E-state index in [1.165, 1.54) is 0 Å². The van der Waals surface area contributed by atoms with Crippen molar-refractivity contribution in [1.29, 1.82) is 0 Å². The Balaban J connectivity index is 2.39. The summed E-state index contributed by atoms with van der Waals surface area (Å²) in [7, 11) is 0. The molecule has 0 bridgehead atoms. The van der Waals surface area contributed by atoms with Gasteiger partial charge in [0, 0.05) is 6.42 Å². The van der Waals surface area contributed by atoms with Crippen LogP contribution in [0, 0.1) is 0 Å². The number of ketones is 1. The number of hydrogen-bond acceptors (Lipinski definition) is 4. The van der Waals surface area contributed by atoms with Crippen LogP contribution in [0.5, 0.6) is 0 Å². The van der Waals surface area contributed by atoms with Crippen molar-refractivity contribution in [2.75, 3.05) is 6.61 Å². The van der Waals surface area contributed by atoms with Crippen LogP contribution in [0.3, 0.4) is 0 Å². The lowest BCUT2D eigenvalue weighted by Crippen LogP contribution is -2.18. The predicted molar refractivity (Wildman–Crippen MR) is 26.5 cm³/mol. The Hall–Kier alpha value is -0.900. The van der Waals surface area contributed by atoms with Crippen molar-refractivity contribution in [3.63, 3.8) is 0 Å². The first-order chi connectivity index (χ1) is 4.34. The van der Waals surface area contributed by atoms with Gasteiger partial charge in [-0.2, -0.15) is 0 Å². The zero-order valence-electron chi connectivity index (χ0n) is 4.70. The smallest absolute Gasteiger partial charge is 0.295 e. The SMILES string of the molecule is O=CO[C@@H]1OCCC1=O. The van der Waals surface area contributed by atoms with Crippen LogP contribution in [-0.4, -0.2) is 25.2 Å². The Labute approximate surface area is 51.7 Å². The van der Waals surface area contributed by atoms with Gasteiger partial charge in [0.2, 0.25) is 5.78 Å². The highest BCUT2D eigenvalue weighted by molar-refractivity contribution is 5.84. The molecule has 0 spiro atoms. The third-order valence-corrected chi connectivity index (χ3v) is 1.06. The molecule has 1 fully saturated rings. The molecule has 0 aromatic rings. The average Bonchev–Trinajstić information content (AvgIpc) is 2.18. The quantitative estimate of drug-likeness (QED) is 0.472. The van der Waals surface area contributed by atoms with Crippen molar-refractivity contribution in [2.24, 2.45) is 0 Å². The number of carbonyl (C=O) groups is 2. The maximum Gasteiger partial charge on any atom is 0.295 e. The van der Waals surface area contributed by atoms with E-state index < -0.39 is 6.29 Å². The molecule has 0 aromatic heterocycles. The van der Waals surface area contributed by atoms with Crippen LogP contribution < -0.4 is 0 Å². The lowest BCUT2D eigenvalue weighted by molar-refractivity contribution is -0.162. The highest BCUT2D eigenvalue weighted by Gasteiger charge is 2.26. The number of Topliss-reactive ketones (excluding diaryl/α,β-unsaturated/α-hetero) is 1. The molecule has 0 N–H and O–H groups in total. The Kier molecular flexibility index (Phi) is 1.79. The Morgan fingerprint density at radius 3 is 3.00 bits per heavy atom. The van der Waals surface area contributed by atoms with Gasteiger partial charge < -0.3 is 9.47 Å². The lowest BCUT2D eigenvalue weighted by atomic mass is 10.3. The molecule has 50 valence electrons. The van der Waals surface area contributed by atoms with Crippen molar-refractivity contribution < 1.29 is 19.1 Å². The maximum atomic E-state index is 10.6. The molecule has 1 aliphatic rings. The molecule has 9 heavy (non-hydrogen) atoms. The molecule has 1 aliphatic heterocycles. The third kappa shape index (κ3) is 1.26. The van der Waals surface area contributed by atoms with Crippen LogP contribution in [0.1, 0.15) is 6.42 Å². The first-order valence-electron chi connectivity index (χ1n) is 2.58. The normalized spacial score (nSPS) is 26.2. The summed E-state index contributed by atoms with van der Waals surface area (Å²) in [5.74, 6) is -0.165. The van der Waals surface area contributed by atoms with Gasteiger partial charge in [0.1, 0.15) is 0 Å². The van der Waals surface area contributed by atoms with Crippen LogP contribution in [0.2, 0.25) is 0 Å². The van der Waals surface area contributed by atoms with Crippen LogP contribution in [-0.2, 0) is 19.1 Å². The van der Waals surface area contributed by atoms with E-state index in [0.717, 1.165) is 0 Å². The van der Waals surface area contributed by atoms with Crippen molar-refractivity contribution in [3.05, 3.63) is 0 Å². The minimum absolute atomic E-state index is 0.165. The molecule has 4 heteroatoms. The summed E-state index contributed by atoms with van der Waals surface area (Å²) >= 11 is 0. The minimum Gasteiger partial charge on any atom is -0.430 e. The Bertz CT molecular complexity index is 131. The molecule has 0 aromatic carbocycles. The standard InChI is InChI=1S/C5H6O4/c6-3-9-5-4(7)1-2-8-5/h3,5H,1-2H2/t5-/m0/s1. The summed E-state index contributed by atoms with van der Waals surface area (Å²) in [6.45, 7) is 0.575. The first kappa shape index (κ1) is 6.22. The van der Waals surface area contributed by atoms with E-state index >= 15 is 0 Å². The van der Waals surface area contributed by atoms with Crippen LogP contribution in [0.15, 0.2) is 0 Å². The highest BCUT2D eigenvalue weighted by atomic mass is 16.7. The lowest BCUT2D eigenvalue weighted by Gasteiger charge is -2.02. The van der Waals surface area contributed by atoms with Gasteiger partial charge in [-0.3, -0.25) is 9.59 Å². The molecule has 1 rings (SSSR count). The molecule has 0 radical (unpaired) electrons. The summed E-state index contributed by atoms with van der Waals surface area (Å²) in [4.78, 5) is 20.2. The Morgan fingerprint density at radius 2 is 2.56 bits per heavy atom. The summed E-state index contributed by atoms with van der Waals surface area (Å²) in [5, 5.41) is 0. The Morgan fingerprint density at radius 1 is 1.78 bits per heavy atom. The zero-order valence-corrected chi connectivity index (χ0v) is 4.70. The van der Waals surface area contributed by atoms with Gasteiger partial charge in [-0.1, -0.05) is 0 Å². The molecule has 1 heterocycles. The van der Waals surface area contributed by atoms with Crippen molar-refractivity contribution in [3.8, 4) is 0 Å². The third-order valence-electron chi connectivity index (χ3n) is 1.06. The van der Waals surface area contributed by atoms with Crippen LogP contribution in [0.4, 0.5) is 0 Å². The summed E-state index contributed by atoms with van der Waals surface area (Å²) in [5.41, 5.74) is 0. The van der Waals surface area contributed by atoms with E-state index in [-0.39, 0.29) is 12.3 Å². The van der Waals surface area contributed by atoms with Gasteiger partial charge in [0.05, 0.1) is 6.61 Å². The fraction of sp³-hybridized carbons (Fsp3) is 0.600. The molecule has 0 amide bonds. The summed E-state index contributed by atoms with van der Waals surface area (Å²) in [6, 6.07) is 0. The molecule has 1 atom stereocenters. The van der Waals surface area contributed by atoms with Gasteiger partial charge in [0.25, 0.3) is 12.8 Å². The minimum atomic E-state index is -0.928.